The van der Waals surface area contributed by atoms with Crippen molar-refractivity contribution in [2.75, 3.05) is 12.4 Å². The molecule has 1 unspecified atom stereocenters. The van der Waals surface area contributed by atoms with Crippen molar-refractivity contribution in [2.45, 2.75) is 13.0 Å². The van der Waals surface area contributed by atoms with Crippen molar-refractivity contribution < 1.29 is 9.84 Å². The number of rotatable bonds is 4. The lowest BCUT2D eigenvalue weighted by Gasteiger charge is -2.17. The van der Waals surface area contributed by atoms with Gasteiger partial charge in [-0.15, -0.1) is 0 Å². The topological polar surface area (TPSA) is 41.5 Å². The fourth-order valence-electron chi connectivity index (χ4n) is 1.88. The zero-order valence-corrected chi connectivity index (χ0v) is 12.4. The van der Waals surface area contributed by atoms with Gasteiger partial charge in [0, 0.05) is 16.2 Å². The number of ether oxygens (including phenoxy) is 1. The number of hydrogen-bond acceptors (Lipinski definition) is 3. The number of nitrogens with one attached hydrogen (secondary N) is 1. The number of phenols is 1. The van der Waals surface area contributed by atoms with E-state index in [2.05, 4.69) is 28.2 Å². The summed E-state index contributed by atoms with van der Waals surface area (Å²) >= 11 is 3.45. The molecule has 19 heavy (non-hydrogen) atoms. The van der Waals surface area contributed by atoms with Crippen molar-refractivity contribution in [1.29, 1.82) is 0 Å². The maximum atomic E-state index is 9.59. The van der Waals surface area contributed by atoms with Crippen molar-refractivity contribution in [3.05, 3.63) is 52.5 Å². The van der Waals surface area contributed by atoms with Crippen LogP contribution in [0, 0.1) is 0 Å². The van der Waals surface area contributed by atoms with Crippen molar-refractivity contribution in [3.8, 4) is 11.5 Å². The number of hydrogen-bond donors (Lipinski definition) is 2. The van der Waals surface area contributed by atoms with E-state index in [-0.39, 0.29) is 11.8 Å². The minimum Gasteiger partial charge on any atom is -0.504 e. The van der Waals surface area contributed by atoms with E-state index < -0.39 is 0 Å². The quantitative estimate of drug-likeness (QED) is 0.880. The second kappa shape index (κ2) is 5.97. The lowest BCUT2D eigenvalue weighted by Crippen LogP contribution is -2.06. The number of methoxy groups -OCH3 is 1. The Morgan fingerprint density at radius 1 is 1.21 bits per heavy atom. The summed E-state index contributed by atoms with van der Waals surface area (Å²) in [5.74, 6) is 0.640. The van der Waals surface area contributed by atoms with Crippen LogP contribution in [0.15, 0.2) is 46.9 Å². The first-order chi connectivity index (χ1) is 9.10. The third-order valence-electron chi connectivity index (χ3n) is 2.91. The monoisotopic (exact) mass is 321 g/mol. The van der Waals surface area contributed by atoms with Gasteiger partial charge < -0.3 is 15.2 Å². The molecule has 2 N–H and O–H groups in total. The molecule has 0 aliphatic rings. The molecule has 0 spiro atoms. The van der Waals surface area contributed by atoms with Crippen molar-refractivity contribution in [3.63, 3.8) is 0 Å². The molecule has 0 heterocycles. The second-order valence-electron chi connectivity index (χ2n) is 4.31. The van der Waals surface area contributed by atoms with Crippen LogP contribution in [0.4, 0.5) is 5.69 Å². The minimum atomic E-state index is 0.115. The molecule has 3 nitrogen and oxygen atoms in total. The summed E-state index contributed by atoms with van der Waals surface area (Å²) in [6.07, 6.45) is 0. The molecular weight excluding hydrogens is 306 g/mol. The summed E-state index contributed by atoms with van der Waals surface area (Å²) in [7, 11) is 1.55. The van der Waals surface area contributed by atoms with Crippen LogP contribution in [-0.4, -0.2) is 12.2 Å². The lowest BCUT2D eigenvalue weighted by atomic mass is 10.1. The Bertz CT molecular complexity index is 572. The van der Waals surface area contributed by atoms with E-state index in [0.717, 1.165) is 15.7 Å². The maximum Gasteiger partial charge on any atom is 0.160 e. The summed E-state index contributed by atoms with van der Waals surface area (Å²) in [6.45, 7) is 2.06. The van der Waals surface area contributed by atoms with E-state index in [1.54, 1.807) is 13.2 Å². The third-order valence-corrected chi connectivity index (χ3v) is 3.40. The van der Waals surface area contributed by atoms with E-state index in [1.807, 2.05) is 36.4 Å². The Balaban J connectivity index is 2.18. The van der Waals surface area contributed by atoms with Gasteiger partial charge in [0.15, 0.2) is 11.5 Å². The van der Waals surface area contributed by atoms with Crippen LogP contribution in [0.3, 0.4) is 0 Å². The molecular formula is C15H16BrNO2. The van der Waals surface area contributed by atoms with Crippen LogP contribution in [0.1, 0.15) is 18.5 Å². The normalized spacial score (nSPS) is 11.9. The minimum absolute atomic E-state index is 0.115. The molecule has 2 aromatic carbocycles. The molecule has 100 valence electrons. The summed E-state index contributed by atoms with van der Waals surface area (Å²) in [6, 6.07) is 13.5. The molecule has 0 radical (unpaired) electrons. The Labute approximate surface area is 121 Å². The van der Waals surface area contributed by atoms with E-state index in [1.165, 1.54) is 0 Å². The van der Waals surface area contributed by atoms with Crippen LogP contribution in [0.5, 0.6) is 11.5 Å². The highest BCUT2D eigenvalue weighted by molar-refractivity contribution is 9.10. The smallest absolute Gasteiger partial charge is 0.160 e. The lowest BCUT2D eigenvalue weighted by molar-refractivity contribution is 0.373. The first-order valence-electron chi connectivity index (χ1n) is 5.99. The summed E-state index contributed by atoms with van der Waals surface area (Å²) in [4.78, 5) is 0. The molecule has 0 saturated carbocycles. The molecule has 0 aliphatic heterocycles. The van der Waals surface area contributed by atoms with Gasteiger partial charge in [0.2, 0.25) is 0 Å². The number of anilines is 1. The highest BCUT2D eigenvalue weighted by Crippen LogP contribution is 2.30. The first kappa shape index (κ1) is 13.7. The molecule has 0 fully saturated rings. The van der Waals surface area contributed by atoms with E-state index in [9.17, 15) is 5.11 Å². The zero-order chi connectivity index (χ0) is 13.8. The average molecular weight is 322 g/mol. The molecule has 4 heteroatoms. The molecule has 0 aliphatic carbocycles. The number of aromatic hydroxyl groups is 1. The highest BCUT2D eigenvalue weighted by atomic mass is 79.9. The zero-order valence-electron chi connectivity index (χ0n) is 10.9. The Hall–Kier alpha value is -1.68. The summed E-state index contributed by atoms with van der Waals surface area (Å²) < 4.78 is 6.16. The average Bonchev–Trinajstić information content (AvgIpc) is 2.39. The molecule has 1 atom stereocenters. The highest BCUT2D eigenvalue weighted by Gasteiger charge is 2.09. The SMILES string of the molecule is COc1cc(C(C)Nc2cccc(Br)c2)ccc1O. The van der Waals surface area contributed by atoms with Gasteiger partial charge >= 0.3 is 0 Å². The summed E-state index contributed by atoms with van der Waals surface area (Å²) in [5, 5.41) is 13.0. The van der Waals surface area contributed by atoms with Crippen molar-refractivity contribution >= 4 is 21.6 Å². The maximum absolute atomic E-state index is 9.59. The largest absolute Gasteiger partial charge is 0.504 e. The molecule has 2 aromatic rings. The van der Waals surface area contributed by atoms with Gasteiger partial charge in [0.05, 0.1) is 7.11 Å². The van der Waals surface area contributed by atoms with Crippen molar-refractivity contribution in [1.82, 2.24) is 0 Å². The molecule has 2 rings (SSSR count). The number of halogens is 1. The molecule has 0 amide bonds. The van der Waals surface area contributed by atoms with Crippen LogP contribution >= 0.6 is 15.9 Å². The Kier molecular flexibility index (Phi) is 4.32. The van der Waals surface area contributed by atoms with Gasteiger partial charge in [-0.05, 0) is 42.8 Å². The Morgan fingerprint density at radius 2 is 2.00 bits per heavy atom. The van der Waals surface area contributed by atoms with E-state index >= 15 is 0 Å². The van der Waals surface area contributed by atoms with Gasteiger partial charge in [0.25, 0.3) is 0 Å². The number of phenolic OH excluding ortho intramolecular Hbond substituents is 1. The van der Waals surface area contributed by atoms with Crippen molar-refractivity contribution in [2.24, 2.45) is 0 Å². The molecule has 0 saturated heterocycles. The first-order valence-corrected chi connectivity index (χ1v) is 6.78. The fraction of sp³-hybridized carbons (Fsp3) is 0.200. The molecule has 0 bridgehead atoms. The Morgan fingerprint density at radius 3 is 2.68 bits per heavy atom. The van der Waals surface area contributed by atoms with Crippen LogP contribution < -0.4 is 10.1 Å². The van der Waals surface area contributed by atoms with E-state index in [4.69, 9.17) is 4.74 Å². The second-order valence-corrected chi connectivity index (χ2v) is 5.22. The number of benzene rings is 2. The van der Waals surface area contributed by atoms with Gasteiger partial charge in [-0.3, -0.25) is 0 Å². The van der Waals surface area contributed by atoms with Gasteiger partial charge in [0.1, 0.15) is 0 Å². The van der Waals surface area contributed by atoms with Gasteiger partial charge in [-0.25, -0.2) is 0 Å². The fourth-order valence-corrected chi connectivity index (χ4v) is 2.27. The third kappa shape index (κ3) is 3.41. The van der Waals surface area contributed by atoms with Gasteiger partial charge in [-0.1, -0.05) is 28.1 Å². The van der Waals surface area contributed by atoms with E-state index in [0.29, 0.717) is 5.75 Å². The molecule has 0 aromatic heterocycles. The predicted octanol–water partition coefficient (Wildman–Crippen LogP) is 4.34. The van der Waals surface area contributed by atoms with Gasteiger partial charge in [-0.2, -0.15) is 0 Å². The van der Waals surface area contributed by atoms with Crippen LogP contribution in [0.25, 0.3) is 0 Å². The summed E-state index contributed by atoms with van der Waals surface area (Å²) in [5.41, 5.74) is 2.09. The van der Waals surface area contributed by atoms with Crippen LogP contribution in [0.2, 0.25) is 0 Å². The predicted molar refractivity (Wildman–Crippen MR) is 80.8 cm³/mol. The standard InChI is InChI=1S/C15H16BrNO2/c1-10(17-13-5-3-4-12(16)9-13)11-6-7-14(18)15(8-11)19-2/h3-10,17-18H,1-2H3. The van der Waals surface area contributed by atoms with Crippen LogP contribution in [-0.2, 0) is 0 Å².